The van der Waals surface area contributed by atoms with Crippen LogP contribution in [0.1, 0.15) is 44.2 Å². The molecule has 0 N–H and O–H groups in total. The maximum Gasteiger partial charge on any atom is 0.247 e. The van der Waals surface area contributed by atoms with Crippen molar-refractivity contribution in [2.45, 2.75) is 51.2 Å². The summed E-state index contributed by atoms with van der Waals surface area (Å²) >= 11 is 0. The monoisotopic (exact) mass is 277 g/mol. The lowest BCUT2D eigenvalue weighted by molar-refractivity contribution is -0.152. The minimum Gasteiger partial charge on any atom is -0.371 e. The van der Waals surface area contributed by atoms with Crippen molar-refractivity contribution in [1.82, 2.24) is 14.7 Å². The number of carbonyl (C=O) groups excluding carboxylic acids is 1. The van der Waals surface area contributed by atoms with Crippen LogP contribution in [0.5, 0.6) is 0 Å². The fraction of sp³-hybridized carbons (Fsp3) is 0.733. The van der Waals surface area contributed by atoms with E-state index in [1.807, 2.05) is 24.9 Å². The Kier molecular flexibility index (Phi) is 3.54. The van der Waals surface area contributed by atoms with E-state index in [1.165, 1.54) is 12.8 Å². The Labute approximate surface area is 119 Å². The normalized spacial score (nSPS) is 23.2. The molecule has 2 aliphatic rings. The van der Waals surface area contributed by atoms with Crippen LogP contribution >= 0.6 is 0 Å². The zero-order valence-electron chi connectivity index (χ0n) is 12.3. The second-order valence-corrected chi connectivity index (χ2v) is 6.17. The molecule has 20 heavy (non-hydrogen) atoms. The van der Waals surface area contributed by atoms with Gasteiger partial charge in [-0.2, -0.15) is 5.10 Å². The first-order valence-electron chi connectivity index (χ1n) is 7.53. The number of rotatable bonds is 2. The quantitative estimate of drug-likeness (QED) is 0.830. The van der Waals surface area contributed by atoms with E-state index >= 15 is 0 Å². The lowest BCUT2D eigenvalue weighted by atomic mass is 9.99. The first kappa shape index (κ1) is 13.6. The number of aromatic nitrogens is 2. The van der Waals surface area contributed by atoms with Crippen molar-refractivity contribution >= 4 is 5.91 Å². The zero-order chi connectivity index (χ0) is 14.2. The third-order valence-corrected chi connectivity index (χ3v) is 4.56. The molecule has 0 radical (unpaired) electrons. The van der Waals surface area contributed by atoms with Crippen molar-refractivity contribution in [3.05, 3.63) is 18.0 Å². The van der Waals surface area contributed by atoms with Crippen LogP contribution in [0.4, 0.5) is 0 Å². The summed E-state index contributed by atoms with van der Waals surface area (Å²) in [4.78, 5) is 14.6. The summed E-state index contributed by atoms with van der Waals surface area (Å²) in [6, 6.07) is -0.236. The number of hydrogen-bond donors (Lipinski definition) is 0. The van der Waals surface area contributed by atoms with Gasteiger partial charge in [-0.1, -0.05) is 12.8 Å². The molecule has 1 saturated heterocycles. The van der Waals surface area contributed by atoms with E-state index in [0.29, 0.717) is 13.2 Å². The second kappa shape index (κ2) is 5.20. The molecule has 1 amide bonds. The molecule has 110 valence electrons. The van der Waals surface area contributed by atoms with E-state index in [9.17, 15) is 4.79 Å². The van der Waals surface area contributed by atoms with Gasteiger partial charge in [-0.05, 0) is 32.3 Å². The van der Waals surface area contributed by atoms with Crippen molar-refractivity contribution in [3.63, 3.8) is 0 Å². The van der Waals surface area contributed by atoms with Crippen molar-refractivity contribution in [1.29, 1.82) is 0 Å². The van der Waals surface area contributed by atoms with Gasteiger partial charge in [0.1, 0.15) is 6.04 Å². The second-order valence-electron chi connectivity index (χ2n) is 6.17. The average molecular weight is 277 g/mol. The van der Waals surface area contributed by atoms with E-state index in [1.54, 1.807) is 10.9 Å². The Bertz CT molecular complexity index is 491. The SMILES string of the molecule is Cc1cnn([C@@H](C)C(=O)N2CCOC3(CCCC3)C2)c1. The van der Waals surface area contributed by atoms with Gasteiger partial charge in [0, 0.05) is 19.3 Å². The van der Waals surface area contributed by atoms with Crippen LogP contribution in [-0.2, 0) is 9.53 Å². The van der Waals surface area contributed by atoms with Crippen LogP contribution in [0.25, 0.3) is 0 Å². The predicted molar refractivity (Wildman–Crippen MR) is 75.4 cm³/mol. The van der Waals surface area contributed by atoms with E-state index in [0.717, 1.165) is 24.9 Å². The van der Waals surface area contributed by atoms with Crippen LogP contribution in [0.2, 0.25) is 0 Å². The highest BCUT2D eigenvalue weighted by Gasteiger charge is 2.41. The molecule has 2 fully saturated rings. The van der Waals surface area contributed by atoms with Crippen molar-refractivity contribution in [2.24, 2.45) is 0 Å². The van der Waals surface area contributed by atoms with Gasteiger partial charge in [-0.25, -0.2) is 0 Å². The summed E-state index contributed by atoms with van der Waals surface area (Å²) in [5.74, 6) is 0.155. The molecular weight excluding hydrogens is 254 g/mol. The van der Waals surface area contributed by atoms with Crippen LogP contribution in [0.15, 0.2) is 12.4 Å². The van der Waals surface area contributed by atoms with Crippen LogP contribution in [0.3, 0.4) is 0 Å². The predicted octanol–water partition coefficient (Wildman–Crippen LogP) is 1.92. The third kappa shape index (κ3) is 2.46. The third-order valence-electron chi connectivity index (χ3n) is 4.56. The summed E-state index contributed by atoms with van der Waals surface area (Å²) in [6.07, 6.45) is 8.33. The summed E-state index contributed by atoms with van der Waals surface area (Å²) in [5.41, 5.74) is 1.02. The number of hydrogen-bond acceptors (Lipinski definition) is 3. The van der Waals surface area contributed by atoms with Crippen LogP contribution in [-0.4, -0.2) is 45.9 Å². The van der Waals surface area contributed by atoms with Crippen molar-refractivity contribution in [2.75, 3.05) is 19.7 Å². The molecular formula is C15H23N3O2. The maximum atomic E-state index is 12.7. The number of amides is 1. The fourth-order valence-corrected chi connectivity index (χ4v) is 3.38. The highest BCUT2D eigenvalue weighted by molar-refractivity contribution is 5.80. The van der Waals surface area contributed by atoms with Gasteiger partial charge >= 0.3 is 0 Å². The Morgan fingerprint density at radius 2 is 2.20 bits per heavy atom. The molecule has 0 aromatic carbocycles. The van der Waals surface area contributed by atoms with Crippen molar-refractivity contribution in [3.8, 4) is 0 Å². The van der Waals surface area contributed by atoms with E-state index in [-0.39, 0.29) is 17.6 Å². The molecule has 5 heteroatoms. The van der Waals surface area contributed by atoms with E-state index in [4.69, 9.17) is 4.74 Å². The lowest BCUT2D eigenvalue weighted by Gasteiger charge is -2.41. The number of carbonyl (C=O) groups is 1. The summed E-state index contributed by atoms with van der Waals surface area (Å²) in [6.45, 7) is 6.02. The topological polar surface area (TPSA) is 47.4 Å². The molecule has 1 aromatic rings. The fourth-order valence-electron chi connectivity index (χ4n) is 3.38. The highest BCUT2D eigenvalue weighted by atomic mass is 16.5. The van der Waals surface area contributed by atoms with Crippen molar-refractivity contribution < 1.29 is 9.53 Å². The molecule has 2 heterocycles. The number of ether oxygens (including phenoxy) is 1. The molecule has 0 unspecified atom stereocenters. The molecule has 1 saturated carbocycles. The lowest BCUT2D eigenvalue weighted by Crippen LogP contribution is -2.53. The Morgan fingerprint density at radius 3 is 2.85 bits per heavy atom. The first-order chi connectivity index (χ1) is 9.60. The molecule has 1 aliphatic heterocycles. The standard InChI is InChI=1S/C15H23N3O2/c1-12-9-16-18(10-12)13(2)14(19)17-7-8-20-15(11-17)5-3-4-6-15/h9-10,13H,3-8,11H2,1-2H3/t13-/m0/s1. The minimum absolute atomic E-state index is 0.0618. The molecule has 1 spiro atoms. The largest absolute Gasteiger partial charge is 0.371 e. The Hall–Kier alpha value is -1.36. The summed E-state index contributed by atoms with van der Waals surface area (Å²) in [7, 11) is 0. The number of aryl methyl sites for hydroxylation is 1. The Balaban J connectivity index is 1.70. The molecule has 1 aliphatic carbocycles. The van der Waals surface area contributed by atoms with Gasteiger partial charge in [-0.15, -0.1) is 0 Å². The van der Waals surface area contributed by atoms with Crippen LogP contribution < -0.4 is 0 Å². The zero-order valence-corrected chi connectivity index (χ0v) is 12.3. The van der Waals surface area contributed by atoms with Gasteiger partial charge in [0.05, 0.1) is 18.4 Å². The molecule has 0 bridgehead atoms. The highest BCUT2D eigenvalue weighted by Crippen LogP contribution is 2.36. The Morgan fingerprint density at radius 1 is 1.45 bits per heavy atom. The van der Waals surface area contributed by atoms with Gasteiger partial charge < -0.3 is 9.64 Å². The molecule has 1 aromatic heterocycles. The minimum atomic E-state index is -0.236. The van der Waals surface area contributed by atoms with E-state index < -0.39 is 0 Å². The first-order valence-corrected chi connectivity index (χ1v) is 7.53. The van der Waals surface area contributed by atoms with Crippen LogP contribution in [0, 0.1) is 6.92 Å². The number of morpholine rings is 1. The van der Waals surface area contributed by atoms with E-state index in [2.05, 4.69) is 5.10 Å². The average Bonchev–Trinajstić information content (AvgIpc) is 3.07. The smallest absolute Gasteiger partial charge is 0.247 e. The van der Waals surface area contributed by atoms with Gasteiger partial charge in [0.2, 0.25) is 5.91 Å². The molecule has 5 nitrogen and oxygen atoms in total. The number of nitrogens with zero attached hydrogens (tertiary/aromatic N) is 3. The summed E-state index contributed by atoms with van der Waals surface area (Å²) in [5, 5.41) is 4.26. The molecule has 1 atom stereocenters. The van der Waals surface area contributed by atoms with Gasteiger partial charge in [0.15, 0.2) is 0 Å². The van der Waals surface area contributed by atoms with Gasteiger partial charge in [0.25, 0.3) is 0 Å². The summed E-state index contributed by atoms with van der Waals surface area (Å²) < 4.78 is 7.74. The maximum absolute atomic E-state index is 12.7. The molecule has 3 rings (SSSR count). The van der Waals surface area contributed by atoms with Gasteiger partial charge in [-0.3, -0.25) is 9.48 Å².